The van der Waals surface area contributed by atoms with Gasteiger partial charge >= 0.3 is 0 Å². The number of sulfonamides is 1. The van der Waals surface area contributed by atoms with E-state index < -0.39 is 15.4 Å². The van der Waals surface area contributed by atoms with E-state index in [2.05, 4.69) is 10.2 Å². The predicted octanol–water partition coefficient (Wildman–Crippen LogP) is 1.95. The number of carbonyl (C=O) groups excluding carboxylic acids is 1. The van der Waals surface area contributed by atoms with Crippen molar-refractivity contribution >= 4 is 33.2 Å². The molecule has 0 saturated carbocycles. The summed E-state index contributed by atoms with van der Waals surface area (Å²) in [5, 5.41) is 3.36. The van der Waals surface area contributed by atoms with Crippen molar-refractivity contribution in [3.8, 4) is 0 Å². The molecule has 1 aliphatic rings. The van der Waals surface area contributed by atoms with Crippen LogP contribution < -0.4 is 10.2 Å². The van der Waals surface area contributed by atoms with Crippen LogP contribution in [0.25, 0.3) is 0 Å². The van der Waals surface area contributed by atoms with Gasteiger partial charge in [0.05, 0.1) is 16.5 Å². The molecule has 1 fully saturated rings. The molecule has 0 unspecified atom stereocenters. The number of halogens is 1. The number of benzene rings is 1. The van der Waals surface area contributed by atoms with Gasteiger partial charge in [0.2, 0.25) is 15.9 Å². The fourth-order valence-corrected chi connectivity index (χ4v) is 4.20. The van der Waals surface area contributed by atoms with Crippen molar-refractivity contribution in [2.75, 3.05) is 43.4 Å². The molecule has 0 atom stereocenters. The lowest BCUT2D eigenvalue weighted by Gasteiger charge is -2.35. The Labute approximate surface area is 155 Å². The number of piperazine rings is 1. The van der Waals surface area contributed by atoms with E-state index in [9.17, 15) is 13.2 Å². The number of hydrogen-bond donors (Lipinski definition) is 1. The maximum atomic E-state index is 12.5. The summed E-state index contributed by atoms with van der Waals surface area (Å²) in [4.78, 5) is 13.9. The molecule has 8 heteroatoms. The van der Waals surface area contributed by atoms with Gasteiger partial charge in [0.25, 0.3) is 0 Å². The van der Waals surface area contributed by atoms with Crippen LogP contribution >= 0.6 is 11.6 Å². The first kappa shape index (κ1) is 20.0. The Morgan fingerprint density at radius 2 is 1.76 bits per heavy atom. The monoisotopic (exact) mass is 387 g/mol. The van der Waals surface area contributed by atoms with E-state index in [1.807, 2.05) is 24.3 Å². The molecule has 6 nitrogen and oxygen atoms in total. The summed E-state index contributed by atoms with van der Waals surface area (Å²) in [6.45, 7) is 7.54. The molecule has 0 radical (unpaired) electrons. The average Bonchev–Trinajstić information content (AvgIpc) is 2.54. The Balaban J connectivity index is 1.87. The highest BCUT2D eigenvalue weighted by molar-refractivity contribution is 7.89. The number of hydrogen-bond acceptors (Lipinski definition) is 4. The number of carbonyl (C=O) groups is 1. The molecule has 1 N–H and O–H groups in total. The van der Waals surface area contributed by atoms with Crippen LogP contribution in [0, 0.1) is 5.41 Å². The van der Waals surface area contributed by atoms with Crippen LogP contribution in [-0.2, 0) is 14.8 Å². The summed E-state index contributed by atoms with van der Waals surface area (Å²) in [5.74, 6) is -0.229. The maximum Gasteiger partial charge on any atom is 0.225 e. The maximum absolute atomic E-state index is 12.5. The molecule has 1 heterocycles. The van der Waals surface area contributed by atoms with Gasteiger partial charge in [-0.1, -0.05) is 44.5 Å². The Morgan fingerprint density at radius 3 is 2.32 bits per heavy atom. The van der Waals surface area contributed by atoms with Gasteiger partial charge in [-0.15, -0.1) is 0 Å². The topological polar surface area (TPSA) is 69.7 Å². The van der Waals surface area contributed by atoms with Crippen molar-refractivity contribution in [2.45, 2.75) is 20.8 Å². The third-order valence-electron chi connectivity index (χ3n) is 4.15. The zero-order valence-electron chi connectivity index (χ0n) is 15.0. The molecule has 25 heavy (non-hydrogen) atoms. The van der Waals surface area contributed by atoms with Gasteiger partial charge in [-0.25, -0.2) is 8.42 Å². The zero-order valence-corrected chi connectivity index (χ0v) is 16.5. The highest BCUT2D eigenvalue weighted by atomic mass is 35.5. The smallest absolute Gasteiger partial charge is 0.225 e. The van der Waals surface area contributed by atoms with Crippen molar-refractivity contribution in [1.29, 1.82) is 0 Å². The van der Waals surface area contributed by atoms with E-state index in [0.29, 0.717) is 31.2 Å². The summed E-state index contributed by atoms with van der Waals surface area (Å²) >= 11 is 6.21. The number of rotatable bonds is 5. The highest BCUT2D eigenvalue weighted by Gasteiger charge is 2.28. The highest BCUT2D eigenvalue weighted by Crippen LogP contribution is 2.26. The van der Waals surface area contributed by atoms with Gasteiger partial charge < -0.3 is 10.2 Å². The summed E-state index contributed by atoms with van der Waals surface area (Å²) in [7, 11) is -3.38. The number of nitrogens with one attached hydrogen (secondary N) is 1. The second kappa shape index (κ2) is 7.93. The van der Waals surface area contributed by atoms with E-state index in [1.54, 1.807) is 20.8 Å². The van der Waals surface area contributed by atoms with Crippen molar-refractivity contribution in [2.24, 2.45) is 5.41 Å². The minimum absolute atomic E-state index is 0.0824. The zero-order chi connectivity index (χ0) is 18.7. The van der Waals surface area contributed by atoms with Gasteiger partial charge in [0.1, 0.15) is 0 Å². The number of para-hydroxylation sites is 1. The molecule has 2 rings (SSSR count). The van der Waals surface area contributed by atoms with E-state index >= 15 is 0 Å². The molecular weight excluding hydrogens is 362 g/mol. The second-order valence-electron chi connectivity index (χ2n) is 7.16. The Bertz CT molecular complexity index is 708. The Hall–Kier alpha value is -1.31. The number of nitrogens with zero attached hydrogens (tertiary/aromatic N) is 2. The van der Waals surface area contributed by atoms with E-state index in [1.165, 1.54) is 4.31 Å². The van der Waals surface area contributed by atoms with Gasteiger partial charge in [-0.05, 0) is 12.1 Å². The minimum Gasteiger partial charge on any atom is -0.368 e. The molecular formula is C17H26ClN3O3S. The minimum atomic E-state index is -3.38. The van der Waals surface area contributed by atoms with Gasteiger partial charge in [0.15, 0.2) is 0 Å². The lowest BCUT2D eigenvalue weighted by molar-refractivity contribution is -0.128. The largest absolute Gasteiger partial charge is 0.368 e. The summed E-state index contributed by atoms with van der Waals surface area (Å²) in [5.41, 5.74) is 0.406. The van der Waals surface area contributed by atoms with Gasteiger partial charge in [0, 0.05) is 38.1 Å². The van der Waals surface area contributed by atoms with E-state index in [-0.39, 0.29) is 18.2 Å². The van der Waals surface area contributed by atoms with Crippen LogP contribution in [0.15, 0.2) is 24.3 Å². The lowest BCUT2D eigenvalue weighted by atomic mass is 9.96. The fraction of sp³-hybridized carbons (Fsp3) is 0.588. The van der Waals surface area contributed by atoms with Crippen LogP contribution in [-0.4, -0.2) is 57.1 Å². The molecule has 140 valence electrons. The van der Waals surface area contributed by atoms with E-state index in [4.69, 9.17) is 11.6 Å². The van der Waals surface area contributed by atoms with Crippen LogP contribution in [0.2, 0.25) is 5.02 Å². The lowest BCUT2D eigenvalue weighted by Crippen LogP contribution is -2.50. The van der Waals surface area contributed by atoms with E-state index in [0.717, 1.165) is 5.69 Å². The normalized spacial score (nSPS) is 16.7. The first-order valence-electron chi connectivity index (χ1n) is 8.37. The van der Waals surface area contributed by atoms with Gasteiger partial charge in [-0.2, -0.15) is 4.31 Å². The quantitative estimate of drug-likeness (QED) is 0.838. The summed E-state index contributed by atoms with van der Waals surface area (Å²) < 4.78 is 26.4. The third kappa shape index (κ3) is 5.33. The van der Waals surface area contributed by atoms with Crippen molar-refractivity contribution < 1.29 is 13.2 Å². The van der Waals surface area contributed by atoms with Crippen molar-refractivity contribution in [1.82, 2.24) is 9.62 Å². The molecule has 0 aliphatic carbocycles. The van der Waals surface area contributed by atoms with Crippen LogP contribution in [0.1, 0.15) is 20.8 Å². The molecule has 1 aromatic rings. The first-order chi connectivity index (χ1) is 11.6. The number of amides is 1. The number of anilines is 1. The average molecular weight is 388 g/mol. The van der Waals surface area contributed by atoms with Crippen molar-refractivity contribution in [3.05, 3.63) is 29.3 Å². The summed E-state index contributed by atoms with van der Waals surface area (Å²) in [6, 6.07) is 7.56. The molecule has 0 bridgehead atoms. The summed E-state index contributed by atoms with van der Waals surface area (Å²) in [6.07, 6.45) is 0. The molecule has 0 aromatic heterocycles. The molecule has 1 aliphatic heterocycles. The van der Waals surface area contributed by atoms with Crippen LogP contribution in [0.5, 0.6) is 0 Å². The Kier molecular flexibility index (Phi) is 6.35. The van der Waals surface area contributed by atoms with Crippen LogP contribution in [0.3, 0.4) is 0 Å². The molecule has 1 aromatic carbocycles. The standard InChI is InChI=1S/C17H26ClN3O3S/c1-17(2,3)16(22)19-8-13-25(23,24)21-11-9-20(10-12-21)15-7-5-4-6-14(15)18/h4-7H,8-13H2,1-3H3,(H,19,22). The third-order valence-corrected chi connectivity index (χ3v) is 6.34. The predicted molar refractivity (Wildman–Crippen MR) is 101 cm³/mol. The SMILES string of the molecule is CC(C)(C)C(=O)NCCS(=O)(=O)N1CCN(c2ccccc2Cl)CC1. The van der Waals surface area contributed by atoms with Crippen molar-refractivity contribution in [3.63, 3.8) is 0 Å². The van der Waals surface area contributed by atoms with Gasteiger partial charge in [-0.3, -0.25) is 4.79 Å². The van der Waals surface area contributed by atoms with Crippen LogP contribution in [0.4, 0.5) is 5.69 Å². The molecule has 1 amide bonds. The molecule has 1 saturated heterocycles. The first-order valence-corrected chi connectivity index (χ1v) is 10.4. The Morgan fingerprint density at radius 1 is 1.16 bits per heavy atom. The molecule has 0 spiro atoms. The second-order valence-corrected chi connectivity index (χ2v) is 9.66. The fourth-order valence-electron chi connectivity index (χ4n) is 2.60.